The van der Waals surface area contributed by atoms with Crippen molar-refractivity contribution in [3.05, 3.63) is 34.2 Å². The first-order valence-electron chi connectivity index (χ1n) is 4.88. The molecule has 2 aromatic rings. The Balaban J connectivity index is 2.40. The van der Waals surface area contributed by atoms with Gasteiger partial charge in [0.1, 0.15) is 0 Å². The van der Waals surface area contributed by atoms with Crippen molar-refractivity contribution in [1.29, 1.82) is 0 Å². The highest BCUT2D eigenvalue weighted by Gasteiger charge is 2.11. The van der Waals surface area contributed by atoms with E-state index in [1.54, 1.807) is 6.92 Å². The molecule has 0 bridgehead atoms. The minimum absolute atomic E-state index is 0.125. The zero-order chi connectivity index (χ0) is 11.8. The molecule has 2 nitrogen and oxygen atoms in total. The molecule has 1 aromatic heterocycles. The van der Waals surface area contributed by atoms with Crippen LogP contribution in [0.4, 0.5) is 0 Å². The number of rotatable bonds is 3. The van der Waals surface area contributed by atoms with Crippen LogP contribution in [0.1, 0.15) is 11.8 Å². The maximum atomic E-state index is 11.5. The van der Waals surface area contributed by atoms with Gasteiger partial charge in [0, 0.05) is 20.4 Å². The van der Waals surface area contributed by atoms with Crippen LogP contribution in [-0.4, -0.2) is 14.2 Å². The maximum absolute atomic E-state index is 11.5. The fourth-order valence-corrected chi connectivity index (χ4v) is 4.08. The standard InChI is InChI=1S/C11H11ClO2S2/c1-2-16(13,14)7-10-5-8-3-4-9(12)6-11(8)15-10/h3-6H,2,7H2,1H3. The normalized spacial score (nSPS) is 12.1. The topological polar surface area (TPSA) is 34.1 Å². The van der Waals surface area contributed by atoms with Gasteiger partial charge in [-0.25, -0.2) is 8.42 Å². The molecule has 5 heteroatoms. The molecule has 86 valence electrons. The Kier molecular flexibility index (Phi) is 3.24. The van der Waals surface area contributed by atoms with Gasteiger partial charge in [0.2, 0.25) is 0 Å². The zero-order valence-electron chi connectivity index (χ0n) is 8.73. The molecule has 0 amide bonds. The third-order valence-electron chi connectivity index (χ3n) is 2.34. The van der Waals surface area contributed by atoms with Crippen LogP contribution in [-0.2, 0) is 15.6 Å². The second-order valence-corrected chi connectivity index (χ2v) is 7.53. The van der Waals surface area contributed by atoms with Gasteiger partial charge in [-0.2, -0.15) is 0 Å². The van der Waals surface area contributed by atoms with Crippen LogP contribution in [0.2, 0.25) is 5.02 Å². The highest BCUT2D eigenvalue weighted by molar-refractivity contribution is 7.90. The fraction of sp³-hybridized carbons (Fsp3) is 0.273. The van der Waals surface area contributed by atoms with Crippen molar-refractivity contribution < 1.29 is 8.42 Å². The van der Waals surface area contributed by atoms with Crippen LogP contribution in [0, 0.1) is 0 Å². The zero-order valence-corrected chi connectivity index (χ0v) is 11.1. The summed E-state index contributed by atoms with van der Waals surface area (Å²) in [6, 6.07) is 7.51. The van der Waals surface area contributed by atoms with E-state index in [4.69, 9.17) is 11.6 Å². The highest BCUT2D eigenvalue weighted by atomic mass is 35.5. The van der Waals surface area contributed by atoms with E-state index in [-0.39, 0.29) is 11.5 Å². The van der Waals surface area contributed by atoms with Crippen LogP contribution < -0.4 is 0 Å². The monoisotopic (exact) mass is 274 g/mol. The van der Waals surface area contributed by atoms with Crippen molar-refractivity contribution in [1.82, 2.24) is 0 Å². The third-order valence-corrected chi connectivity index (χ3v) is 5.48. The molecule has 0 aliphatic carbocycles. The number of fused-ring (bicyclic) bond motifs is 1. The van der Waals surface area contributed by atoms with Crippen molar-refractivity contribution in [2.24, 2.45) is 0 Å². The summed E-state index contributed by atoms with van der Waals surface area (Å²) in [5.41, 5.74) is 0. The predicted molar refractivity (Wildman–Crippen MR) is 70.0 cm³/mol. The number of sulfone groups is 1. The molecule has 0 radical (unpaired) electrons. The Morgan fingerprint density at radius 2 is 2.06 bits per heavy atom. The number of benzene rings is 1. The van der Waals surface area contributed by atoms with Gasteiger partial charge in [0.25, 0.3) is 0 Å². The quantitative estimate of drug-likeness (QED) is 0.859. The molecule has 2 rings (SSSR count). The smallest absolute Gasteiger partial charge is 0.154 e. The Hall–Kier alpha value is -0.580. The summed E-state index contributed by atoms with van der Waals surface area (Å²) in [5, 5.41) is 1.73. The van der Waals surface area contributed by atoms with E-state index >= 15 is 0 Å². The first kappa shape index (κ1) is 11.9. The van der Waals surface area contributed by atoms with E-state index < -0.39 is 9.84 Å². The van der Waals surface area contributed by atoms with Crippen molar-refractivity contribution in [2.45, 2.75) is 12.7 Å². The molecule has 1 heterocycles. The summed E-state index contributed by atoms with van der Waals surface area (Å²) in [7, 11) is -2.95. The first-order valence-corrected chi connectivity index (χ1v) is 7.90. The van der Waals surface area contributed by atoms with Gasteiger partial charge in [0.15, 0.2) is 9.84 Å². The lowest BCUT2D eigenvalue weighted by Crippen LogP contribution is -2.04. The molecule has 0 atom stereocenters. The summed E-state index contributed by atoms with van der Waals surface area (Å²) in [6.45, 7) is 1.67. The first-order chi connectivity index (χ1) is 7.50. The molecule has 16 heavy (non-hydrogen) atoms. The number of hydrogen-bond acceptors (Lipinski definition) is 3. The molecule has 0 aliphatic heterocycles. The maximum Gasteiger partial charge on any atom is 0.154 e. The molecule has 0 aliphatic rings. The molecule has 0 unspecified atom stereocenters. The van der Waals surface area contributed by atoms with E-state index in [0.717, 1.165) is 15.0 Å². The lowest BCUT2D eigenvalue weighted by Gasteiger charge is -1.96. The molecular weight excluding hydrogens is 264 g/mol. The summed E-state index contributed by atoms with van der Waals surface area (Å²) in [5.74, 6) is 0.308. The molecule has 0 N–H and O–H groups in total. The van der Waals surface area contributed by atoms with Crippen molar-refractivity contribution in [3.8, 4) is 0 Å². The van der Waals surface area contributed by atoms with Crippen LogP contribution in [0.15, 0.2) is 24.3 Å². The van der Waals surface area contributed by atoms with Gasteiger partial charge in [-0.15, -0.1) is 11.3 Å². The summed E-state index contributed by atoms with van der Waals surface area (Å²) >= 11 is 7.37. The van der Waals surface area contributed by atoms with Gasteiger partial charge in [-0.1, -0.05) is 24.6 Å². The Bertz CT molecular complexity index is 614. The van der Waals surface area contributed by atoms with Crippen LogP contribution in [0.3, 0.4) is 0 Å². The van der Waals surface area contributed by atoms with Crippen molar-refractivity contribution in [3.63, 3.8) is 0 Å². The van der Waals surface area contributed by atoms with E-state index in [2.05, 4.69) is 0 Å². The summed E-state index contributed by atoms with van der Waals surface area (Å²) in [4.78, 5) is 0.874. The largest absolute Gasteiger partial charge is 0.228 e. The number of hydrogen-bond donors (Lipinski definition) is 0. The number of halogens is 1. The Morgan fingerprint density at radius 3 is 2.75 bits per heavy atom. The molecule has 1 aromatic carbocycles. The van der Waals surface area contributed by atoms with E-state index in [1.807, 2.05) is 24.3 Å². The minimum Gasteiger partial charge on any atom is -0.228 e. The lowest BCUT2D eigenvalue weighted by molar-refractivity contribution is 0.597. The van der Waals surface area contributed by atoms with Crippen LogP contribution in [0.5, 0.6) is 0 Å². The SMILES string of the molecule is CCS(=O)(=O)Cc1cc2ccc(Cl)cc2s1. The molecular formula is C11H11ClO2S2. The Morgan fingerprint density at radius 1 is 1.31 bits per heavy atom. The second-order valence-electron chi connectivity index (χ2n) is 3.57. The molecule has 0 spiro atoms. The van der Waals surface area contributed by atoms with Gasteiger partial charge >= 0.3 is 0 Å². The highest BCUT2D eigenvalue weighted by Crippen LogP contribution is 2.29. The van der Waals surface area contributed by atoms with Gasteiger partial charge in [0.05, 0.1) is 5.75 Å². The average Bonchev–Trinajstić information content (AvgIpc) is 2.58. The van der Waals surface area contributed by atoms with Crippen LogP contribution in [0.25, 0.3) is 10.1 Å². The van der Waals surface area contributed by atoms with E-state index in [0.29, 0.717) is 5.02 Å². The molecule has 0 saturated heterocycles. The third kappa shape index (κ3) is 2.56. The average molecular weight is 275 g/mol. The van der Waals surface area contributed by atoms with E-state index in [1.165, 1.54) is 11.3 Å². The number of thiophene rings is 1. The Labute approximate surface area is 104 Å². The molecule has 0 saturated carbocycles. The summed E-state index contributed by atoms with van der Waals surface area (Å²) in [6.07, 6.45) is 0. The fourth-order valence-electron chi connectivity index (χ4n) is 1.45. The van der Waals surface area contributed by atoms with Gasteiger partial charge in [-0.3, -0.25) is 0 Å². The predicted octanol–water partition coefficient (Wildman–Crippen LogP) is 3.49. The van der Waals surface area contributed by atoms with Crippen molar-refractivity contribution in [2.75, 3.05) is 5.75 Å². The summed E-state index contributed by atoms with van der Waals surface area (Å²) < 4.78 is 24.0. The van der Waals surface area contributed by atoms with E-state index in [9.17, 15) is 8.42 Å². The van der Waals surface area contributed by atoms with Gasteiger partial charge in [-0.05, 0) is 23.6 Å². The lowest BCUT2D eigenvalue weighted by atomic mass is 10.2. The molecule has 0 fully saturated rings. The van der Waals surface area contributed by atoms with Crippen LogP contribution >= 0.6 is 22.9 Å². The van der Waals surface area contributed by atoms with Gasteiger partial charge < -0.3 is 0 Å². The second kappa shape index (κ2) is 4.35. The van der Waals surface area contributed by atoms with Crippen molar-refractivity contribution >= 4 is 42.9 Å². The minimum atomic E-state index is -2.95.